The molecule has 0 bridgehead atoms. The van der Waals surface area contributed by atoms with Gasteiger partial charge in [-0.25, -0.2) is 9.78 Å². The maximum absolute atomic E-state index is 11.5. The fourth-order valence-electron chi connectivity index (χ4n) is 1.50. The van der Waals surface area contributed by atoms with Crippen LogP contribution in [0.3, 0.4) is 0 Å². The molecule has 1 amide bonds. The monoisotopic (exact) mass is 291 g/mol. The van der Waals surface area contributed by atoms with Gasteiger partial charge in [-0.15, -0.1) is 11.3 Å². The highest BCUT2D eigenvalue weighted by Crippen LogP contribution is 2.20. The Bertz CT molecular complexity index is 576. The van der Waals surface area contributed by atoms with Crippen LogP contribution < -0.4 is 5.32 Å². The van der Waals surface area contributed by atoms with Crippen molar-refractivity contribution in [3.05, 3.63) is 34.9 Å². The number of pyridine rings is 1. The maximum atomic E-state index is 11.5. The Morgan fingerprint density at radius 3 is 2.90 bits per heavy atom. The molecule has 2 aromatic heterocycles. The van der Waals surface area contributed by atoms with E-state index in [0.717, 1.165) is 16.3 Å². The minimum absolute atomic E-state index is 0.361. The lowest BCUT2D eigenvalue weighted by Crippen LogP contribution is -2.32. The molecular weight excluding hydrogens is 274 g/mol. The Labute approximate surface area is 122 Å². The predicted octanol–water partition coefficient (Wildman–Crippen LogP) is 3.23. The zero-order chi connectivity index (χ0) is 14.6. The van der Waals surface area contributed by atoms with E-state index in [1.165, 1.54) is 11.3 Å². The molecule has 0 saturated heterocycles. The second-order valence-electron chi connectivity index (χ2n) is 5.22. The molecule has 106 valence electrons. The minimum Gasteiger partial charge on any atom is -0.444 e. The third-order valence-corrected chi connectivity index (χ3v) is 3.14. The Morgan fingerprint density at radius 2 is 2.25 bits per heavy atom. The summed E-state index contributed by atoms with van der Waals surface area (Å²) in [7, 11) is 0. The first-order valence-electron chi connectivity index (χ1n) is 6.26. The van der Waals surface area contributed by atoms with E-state index in [4.69, 9.17) is 4.74 Å². The summed E-state index contributed by atoms with van der Waals surface area (Å²) in [5, 5.41) is 5.47. The van der Waals surface area contributed by atoms with E-state index in [0.29, 0.717) is 6.54 Å². The summed E-state index contributed by atoms with van der Waals surface area (Å²) in [6, 6.07) is 3.82. The zero-order valence-corrected chi connectivity index (χ0v) is 12.5. The highest BCUT2D eigenvalue weighted by Gasteiger charge is 2.16. The van der Waals surface area contributed by atoms with Crippen LogP contribution in [0, 0.1) is 0 Å². The van der Waals surface area contributed by atoms with Crippen LogP contribution in [0.15, 0.2) is 29.9 Å². The first-order chi connectivity index (χ1) is 9.44. The number of alkyl carbamates (subject to hydrolysis) is 1. The maximum Gasteiger partial charge on any atom is 0.408 e. The lowest BCUT2D eigenvalue weighted by Gasteiger charge is -2.19. The van der Waals surface area contributed by atoms with E-state index in [-0.39, 0.29) is 0 Å². The number of nitrogens with one attached hydrogen (secondary N) is 1. The number of rotatable bonds is 3. The van der Waals surface area contributed by atoms with Crippen LogP contribution >= 0.6 is 11.3 Å². The fourth-order valence-corrected chi connectivity index (χ4v) is 2.24. The van der Waals surface area contributed by atoms with Gasteiger partial charge < -0.3 is 10.1 Å². The summed E-state index contributed by atoms with van der Waals surface area (Å²) >= 11 is 1.50. The predicted molar refractivity (Wildman–Crippen MR) is 78.4 cm³/mol. The van der Waals surface area contributed by atoms with Gasteiger partial charge in [-0.05, 0) is 32.9 Å². The molecule has 0 aromatic carbocycles. The van der Waals surface area contributed by atoms with E-state index >= 15 is 0 Å². The Morgan fingerprint density at radius 1 is 1.45 bits per heavy atom. The van der Waals surface area contributed by atoms with Gasteiger partial charge in [0.05, 0.1) is 12.2 Å². The number of amides is 1. The lowest BCUT2D eigenvalue weighted by molar-refractivity contribution is 0.0523. The van der Waals surface area contributed by atoms with Gasteiger partial charge in [0.25, 0.3) is 0 Å². The molecule has 5 nitrogen and oxygen atoms in total. The Balaban J connectivity index is 1.92. The van der Waals surface area contributed by atoms with Gasteiger partial charge in [-0.3, -0.25) is 4.98 Å². The second-order valence-corrected chi connectivity index (χ2v) is 6.17. The first kappa shape index (κ1) is 14.5. The molecule has 0 spiro atoms. The third kappa shape index (κ3) is 4.31. The van der Waals surface area contributed by atoms with Crippen molar-refractivity contribution in [1.29, 1.82) is 0 Å². The zero-order valence-electron chi connectivity index (χ0n) is 11.7. The number of carbonyl (C=O) groups excluding carboxylic acids is 1. The molecule has 0 fully saturated rings. The molecule has 0 saturated carbocycles. The molecule has 2 aromatic rings. The highest BCUT2D eigenvalue weighted by molar-refractivity contribution is 7.09. The van der Waals surface area contributed by atoms with Crippen LogP contribution in [0.2, 0.25) is 0 Å². The lowest BCUT2D eigenvalue weighted by atomic mass is 10.2. The van der Waals surface area contributed by atoms with Crippen molar-refractivity contribution >= 4 is 17.4 Å². The third-order valence-electron chi connectivity index (χ3n) is 2.29. The largest absolute Gasteiger partial charge is 0.444 e. The number of carbonyl (C=O) groups is 1. The van der Waals surface area contributed by atoms with Crippen molar-refractivity contribution in [1.82, 2.24) is 15.3 Å². The summed E-state index contributed by atoms with van der Waals surface area (Å²) in [4.78, 5) is 20.1. The first-order valence-corrected chi connectivity index (χ1v) is 7.14. The number of aromatic nitrogens is 2. The number of hydrogen-bond donors (Lipinski definition) is 1. The molecule has 20 heavy (non-hydrogen) atoms. The van der Waals surface area contributed by atoms with Crippen LogP contribution in [-0.2, 0) is 11.3 Å². The number of ether oxygens (including phenoxy) is 1. The standard InChI is InChI=1S/C14H17N3O2S/c1-14(2,3)19-13(18)16-8-12-17-11(9-20-12)10-5-4-6-15-7-10/h4-7,9H,8H2,1-3H3,(H,16,18). The van der Waals surface area contributed by atoms with Crippen molar-refractivity contribution in [2.24, 2.45) is 0 Å². The Kier molecular flexibility index (Phi) is 4.34. The van der Waals surface area contributed by atoms with Crippen molar-refractivity contribution in [2.75, 3.05) is 0 Å². The SMILES string of the molecule is CC(C)(C)OC(=O)NCc1nc(-c2cccnc2)cs1. The summed E-state index contributed by atoms with van der Waals surface area (Å²) in [5.74, 6) is 0. The van der Waals surface area contributed by atoms with Crippen LogP contribution in [0.1, 0.15) is 25.8 Å². The molecule has 0 aliphatic carbocycles. The molecule has 2 heterocycles. The van der Waals surface area contributed by atoms with Crippen LogP contribution in [-0.4, -0.2) is 21.7 Å². The highest BCUT2D eigenvalue weighted by atomic mass is 32.1. The smallest absolute Gasteiger partial charge is 0.408 e. The topological polar surface area (TPSA) is 64.1 Å². The van der Waals surface area contributed by atoms with E-state index in [2.05, 4.69) is 15.3 Å². The molecule has 0 aliphatic heterocycles. The number of nitrogens with zero attached hydrogens (tertiary/aromatic N) is 2. The molecule has 0 unspecified atom stereocenters. The molecule has 0 aliphatic rings. The molecule has 0 radical (unpaired) electrons. The van der Waals surface area contributed by atoms with E-state index in [1.807, 2.05) is 38.3 Å². The van der Waals surface area contributed by atoms with E-state index < -0.39 is 11.7 Å². The Hall–Kier alpha value is -1.95. The van der Waals surface area contributed by atoms with Gasteiger partial charge in [0.2, 0.25) is 0 Å². The van der Waals surface area contributed by atoms with Crippen molar-refractivity contribution < 1.29 is 9.53 Å². The minimum atomic E-state index is -0.492. The van der Waals surface area contributed by atoms with Gasteiger partial charge in [0.15, 0.2) is 0 Å². The van der Waals surface area contributed by atoms with Crippen LogP contribution in [0.5, 0.6) is 0 Å². The molecule has 0 atom stereocenters. The van der Waals surface area contributed by atoms with Crippen molar-refractivity contribution in [3.63, 3.8) is 0 Å². The van der Waals surface area contributed by atoms with Crippen LogP contribution in [0.4, 0.5) is 4.79 Å². The van der Waals surface area contributed by atoms with Gasteiger partial charge in [-0.1, -0.05) is 0 Å². The van der Waals surface area contributed by atoms with E-state index in [1.54, 1.807) is 12.4 Å². The summed E-state index contributed by atoms with van der Waals surface area (Å²) in [6.07, 6.45) is 3.05. The van der Waals surface area contributed by atoms with Gasteiger partial charge in [0, 0.05) is 23.3 Å². The summed E-state index contributed by atoms with van der Waals surface area (Å²) in [6.45, 7) is 5.85. The fraction of sp³-hybridized carbons (Fsp3) is 0.357. The van der Waals surface area contributed by atoms with Gasteiger partial charge >= 0.3 is 6.09 Å². The number of thiazole rings is 1. The average molecular weight is 291 g/mol. The average Bonchev–Trinajstić information content (AvgIpc) is 2.84. The normalized spacial score (nSPS) is 11.2. The van der Waals surface area contributed by atoms with E-state index in [9.17, 15) is 4.79 Å². The molecular formula is C14H17N3O2S. The van der Waals surface area contributed by atoms with Crippen molar-refractivity contribution in [2.45, 2.75) is 32.9 Å². The summed E-state index contributed by atoms with van der Waals surface area (Å²) in [5.41, 5.74) is 1.34. The molecule has 1 N–H and O–H groups in total. The summed E-state index contributed by atoms with van der Waals surface area (Å²) < 4.78 is 5.17. The second kappa shape index (κ2) is 6.00. The van der Waals surface area contributed by atoms with Gasteiger partial charge in [0.1, 0.15) is 10.6 Å². The molecule has 2 rings (SSSR count). The van der Waals surface area contributed by atoms with Crippen LogP contribution in [0.25, 0.3) is 11.3 Å². The van der Waals surface area contributed by atoms with Crippen molar-refractivity contribution in [3.8, 4) is 11.3 Å². The number of hydrogen-bond acceptors (Lipinski definition) is 5. The quantitative estimate of drug-likeness (QED) is 0.943. The molecule has 6 heteroatoms. The van der Waals surface area contributed by atoms with Gasteiger partial charge in [-0.2, -0.15) is 0 Å².